The van der Waals surface area contributed by atoms with E-state index in [4.69, 9.17) is 27.1 Å². The molecule has 2 aliphatic heterocycles. The number of benzene rings is 1. The van der Waals surface area contributed by atoms with Gasteiger partial charge in [0.05, 0.1) is 13.2 Å². The summed E-state index contributed by atoms with van der Waals surface area (Å²) >= 11 is 6.14. The molecule has 140 valence electrons. The van der Waals surface area contributed by atoms with Crippen molar-refractivity contribution in [3.8, 4) is 0 Å². The summed E-state index contributed by atoms with van der Waals surface area (Å²) in [4.78, 5) is 9.31. The Morgan fingerprint density at radius 2 is 2.19 bits per heavy atom. The molecular formula is C20H27ClN4O. The SMILES string of the molecule is COCCN(C)C1(C)CN=C2C=C(CN)C(c3ccc(Cl)cc3C)=CN21. The van der Waals surface area contributed by atoms with Gasteiger partial charge in [0.25, 0.3) is 0 Å². The highest BCUT2D eigenvalue weighted by Crippen LogP contribution is 2.36. The number of hydrogen-bond acceptors (Lipinski definition) is 5. The molecule has 6 heteroatoms. The summed E-state index contributed by atoms with van der Waals surface area (Å²) in [5, 5.41) is 0.744. The number of fused-ring (bicyclic) bond motifs is 1. The third-order valence-electron chi connectivity index (χ3n) is 5.37. The molecule has 0 fully saturated rings. The van der Waals surface area contributed by atoms with Crippen molar-refractivity contribution in [1.29, 1.82) is 0 Å². The first-order valence-corrected chi connectivity index (χ1v) is 9.22. The molecule has 5 nitrogen and oxygen atoms in total. The van der Waals surface area contributed by atoms with Gasteiger partial charge < -0.3 is 15.4 Å². The van der Waals surface area contributed by atoms with Crippen molar-refractivity contribution in [3.05, 3.63) is 52.2 Å². The molecule has 1 unspecified atom stereocenters. The van der Waals surface area contributed by atoms with Crippen molar-refractivity contribution in [1.82, 2.24) is 9.80 Å². The molecule has 2 heterocycles. The van der Waals surface area contributed by atoms with Crippen LogP contribution in [0.15, 0.2) is 41.0 Å². The minimum absolute atomic E-state index is 0.226. The Balaban J connectivity index is 2.01. The highest BCUT2D eigenvalue weighted by Gasteiger charge is 2.42. The molecule has 0 spiro atoms. The van der Waals surface area contributed by atoms with E-state index >= 15 is 0 Å². The van der Waals surface area contributed by atoms with Crippen LogP contribution >= 0.6 is 11.6 Å². The molecule has 0 amide bonds. The predicted octanol–water partition coefficient (Wildman–Crippen LogP) is 2.90. The zero-order valence-corrected chi connectivity index (χ0v) is 16.7. The molecular weight excluding hydrogens is 348 g/mol. The van der Waals surface area contributed by atoms with Crippen LogP contribution in [0.3, 0.4) is 0 Å². The monoisotopic (exact) mass is 374 g/mol. The maximum Gasteiger partial charge on any atom is 0.129 e. The van der Waals surface area contributed by atoms with Crippen molar-refractivity contribution >= 4 is 23.0 Å². The molecule has 2 aliphatic rings. The van der Waals surface area contributed by atoms with Gasteiger partial charge in [0.2, 0.25) is 0 Å². The van der Waals surface area contributed by atoms with E-state index < -0.39 is 0 Å². The fraction of sp³-hybridized carbons (Fsp3) is 0.450. The first-order valence-electron chi connectivity index (χ1n) is 8.84. The van der Waals surface area contributed by atoms with Gasteiger partial charge in [0, 0.05) is 37.0 Å². The second-order valence-electron chi connectivity index (χ2n) is 7.05. The molecule has 2 N–H and O–H groups in total. The fourth-order valence-electron chi connectivity index (χ4n) is 3.51. The maximum atomic E-state index is 6.14. The molecule has 26 heavy (non-hydrogen) atoms. The van der Waals surface area contributed by atoms with Crippen LogP contribution in [-0.2, 0) is 4.74 Å². The summed E-state index contributed by atoms with van der Waals surface area (Å²) in [6.07, 6.45) is 4.30. The van der Waals surface area contributed by atoms with E-state index in [0.717, 1.165) is 39.7 Å². The second-order valence-corrected chi connectivity index (χ2v) is 7.49. The third kappa shape index (κ3) is 3.32. The van der Waals surface area contributed by atoms with Gasteiger partial charge in [0.1, 0.15) is 11.5 Å². The lowest BCUT2D eigenvalue weighted by Gasteiger charge is -2.43. The van der Waals surface area contributed by atoms with Gasteiger partial charge in [0.15, 0.2) is 0 Å². The third-order valence-corrected chi connectivity index (χ3v) is 5.60. The Morgan fingerprint density at radius 1 is 1.42 bits per heavy atom. The lowest BCUT2D eigenvalue weighted by molar-refractivity contribution is 0.0409. The molecule has 0 saturated carbocycles. The topological polar surface area (TPSA) is 54.1 Å². The number of hydrogen-bond donors (Lipinski definition) is 1. The summed E-state index contributed by atoms with van der Waals surface area (Å²) in [6.45, 7) is 6.99. The Morgan fingerprint density at radius 3 is 2.85 bits per heavy atom. The fourth-order valence-corrected chi connectivity index (χ4v) is 3.74. The summed E-state index contributed by atoms with van der Waals surface area (Å²) in [5.41, 5.74) is 10.3. The molecule has 0 saturated heterocycles. The van der Waals surface area contributed by atoms with Gasteiger partial charge in [-0.05, 0) is 55.8 Å². The Labute approximate surface area is 160 Å². The van der Waals surface area contributed by atoms with Crippen LogP contribution in [0.5, 0.6) is 0 Å². The van der Waals surface area contributed by atoms with Crippen molar-refractivity contribution in [2.45, 2.75) is 19.5 Å². The van der Waals surface area contributed by atoms with Crippen LogP contribution in [0.4, 0.5) is 0 Å². The molecule has 3 rings (SSSR count). The van der Waals surface area contributed by atoms with Gasteiger partial charge in [-0.3, -0.25) is 9.89 Å². The Hall–Kier alpha value is -1.66. The standard InChI is InChI=1S/C20H27ClN4O/c1-14-9-16(21)5-6-17(14)18-12-25-19(10-15(18)11-22)23-13-20(25,2)24(3)7-8-26-4/h5-6,9-10,12H,7-8,11,13,22H2,1-4H3. The summed E-state index contributed by atoms with van der Waals surface area (Å²) in [6, 6.07) is 5.98. The summed E-state index contributed by atoms with van der Waals surface area (Å²) in [5.74, 6) is 0.965. The number of amidine groups is 1. The van der Waals surface area contributed by atoms with E-state index in [9.17, 15) is 0 Å². The zero-order valence-electron chi connectivity index (χ0n) is 15.9. The van der Waals surface area contributed by atoms with E-state index in [1.54, 1.807) is 7.11 Å². The number of aliphatic imine (C=N–C) groups is 1. The molecule has 0 radical (unpaired) electrons. The number of likely N-dealkylation sites (N-methyl/N-ethyl adjacent to an activating group) is 1. The van der Waals surface area contributed by atoms with Gasteiger partial charge in [-0.2, -0.15) is 0 Å². The van der Waals surface area contributed by atoms with Gasteiger partial charge in [-0.15, -0.1) is 0 Å². The lowest BCUT2D eigenvalue weighted by atomic mass is 9.92. The van der Waals surface area contributed by atoms with Crippen molar-refractivity contribution in [3.63, 3.8) is 0 Å². The minimum atomic E-state index is -0.226. The molecule has 1 aromatic carbocycles. The lowest BCUT2D eigenvalue weighted by Crippen LogP contribution is -2.56. The average molecular weight is 375 g/mol. The van der Waals surface area contributed by atoms with Crippen molar-refractivity contribution < 1.29 is 4.74 Å². The zero-order chi connectivity index (χ0) is 18.9. The summed E-state index contributed by atoms with van der Waals surface area (Å²) in [7, 11) is 3.84. The van der Waals surface area contributed by atoms with Crippen LogP contribution in [0, 0.1) is 6.92 Å². The van der Waals surface area contributed by atoms with Crippen molar-refractivity contribution in [2.24, 2.45) is 10.7 Å². The number of ether oxygens (including phenoxy) is 1. The largest absolute Gasteiger partial charge is 0.383 e. The molecule has 0 aromatic heterocycles. The number of nitrogens with two attached hydrogens (primary N) is 1. The maximum absolute atomic E-state index is 6.14. The average Bonchev–Trinajstić information content (AvgIpc) is 2.96. The first kappa shape index (κ1) is 19.1. The molecule has 0 bridgehead atoms. The van der Waals surface area contributed by atoms with Crippen LogP contribution in [-0.4, -0.2) is 61.7 Å². The number of rotatable bonds is 6. The number of methoxy groups -OCH3 is 1. The number of nitrogens with zero attached hydrogens (tertiary/aromatic N) is 3. The molecule has 1 aromatic rings. The Bertz CT molecular complexity index is 786. The van der Waals surface area contributed by atoms with E-state index in [-0.39, 0.29) is 5.66 Å². The highest BCUT2D eigenvalue weighted by molar-refractivity contribution is 6.30. The van der Waals surface area contributed by atoms with E-state index in [2.05, 4.69) is 49.0 Å². The van der Waals surface area contributed by atoms with Crippen molar-refractivity contribution in [2.75, 3.05) is 40.4 Å². The minimum Gasteiger partial charge on any atom is -0.383 e. The van der Waals surface area contributed by atoms with Crippen LogP contribution in [0.1, 0.15) is 18.1 Å². The normalized spacial score (nSPS) is 22.3. The summed E-state index contributed by atoms with van der Waals surface area (Å²) < 4.78 is 5.25. The van der Waals surface area contributed by atoms with E-state index in [1.807, 2.05) is 12.1 Å². The van der Waals surface area contributed by atoms with Gasteiger partial charge in [-0.1, -0.05) is 17.7 Å². The smallest absolute Gasteiger partial charge is 0.129 e. The second kappa shape index (κ2) is 7.53. The number of aryl methyl sites for hydroxylation is 1. The highest BCUT2D eigenvalue weighted by atomic mass is 35.5. The quantitative estimate of drug-likeness (QED) is 0.831. The first-order chi connectivity index (χ1) is 12.4. The van der Waals surface area contributed by atoms with Crippen LogP contribution < -0.4 is 5.73 Å². The van der Waals surface area contributed by atoms with Crippen LogP contribution in [0.2, 0.25) is 5.02 Å². The predicted molar refractivity (Wildman–Crippen MR) is 108 cm³/mol. The van der Waals surface area contributed by atoms with Gasteiger partial charge in [-0.25, -0.2) is 0 Å². The number of halogens is 1. The Kier molecular flexibility index (Phi) is 5.53. The van der Waals surface area contributed by atoms with E-state index in [1.165, 1.54) is 0 Å². The molecule has 0 aliphatic carbocycles. The van der Waals surface area contributed by atoms with E-state index in [0.29, 0.717) is 19.7 Å². The van der Waals surface area contributed by atoms with Gasteiger partial charge >= 0.3 is 0 Å². The van der Waals surface area contributed by atoms with Crippen LogP contribution in [0.25, 0.3) is 5.57 Å². The molecule has 1 atom stereocenters.